The largest absolute Gasteiger partial charge is 0.497 e. The number of halogens is 1. The number of rotatable bonds is 8. The standard InChI is InChI=1S/C21H26BrN3O4S/c1-29-20-9-7-19(8-10-20)24-12-14-25(15-13-24)30(27,28)16-2-11-23-21(26)17-3-5-18(22)6-4-17/h3-10H,2,11-16H2,1H3,(H,23,26). The summed E-state index contributed by atoms with van der Waals surface area (Å²) in [6.45, 7) is 2.52. The molecule has 1 aliphatic heterocycles. The maximum Gasteiger partial charge on any atom is 0.251 e. The number of ether oxygens (including phenoxy) is 1. The van der Waals surface area contributed by atoms with Crippen LogP contribution in [0.4, 0.5) is 5.69 Å². The van der Waals surface area contributed by atoms with E-state index in [-0.39, 0.29) is 11.7 Å². The molecule has 2 aromatic carbocycles. The van der Waals surface area contributed by atoms with Crippen LogP contribution in [0.3, 0.4) is 0 Å². The van der Waals surface area contributed by atoms with Crippen molar-refractivity contribution in [2.24, 2.45) is 0 Å². The molecule has 1 fully saturated rings. The number of anilines is 1. The van der Waals surface area contributed by atoms with Crippen molar-refractivity contribution in [3.05, 3.63) is 58.6 Å². The summed E-state index contributed by atoms with van der Waals surface area (Å²) < 4.78 is 32.9. The highest BCUT2D eigenvalue weighted by molar-refractivity contribution is 9.10. The first kappa shape index (κ1) is 22.6. The number of nitrogens with one attached hydrogen (secondary N) is 1. The molecule has 7 nitrogen and oxygen atoms in total. The number of amides is 1. The van der Waals surface area contributed by atoms with Crippen molar-refractivity contribution in [2.75, 3.05) is 50.5 Å². The smallest absolute Gasteiger partial charge is 0.251 e. The van der Waals surface area contributed by atoms with E-state index in [0.717, 1.165) is 15.9 Å². The Kier molecular flexibility index (Phi) is 7.74. The van der Waals surface area contributed by atoms with E-state index in [0.29, 0.717) is 44.7 Å². The highest BCUT2D eigenvalue weighted by atomic mass is 79.9. The topological polar surface area (TPSA) is 79.0 Å². The zero-order valence-corrected chi connectivity index (χ0v) is 19.3. The van der Waals surface area contributed by atoms with E-state index in [4.69, 9.17) is 4.74 Å². The van der Waals surface area contributed by atoms with Gasteiger partial charge in [0.1, 0.15) is 5.75 Å². The summed E-state index contributed by atoms with van der Waals surface area (Å²) in [6, 6.07) is 14.8. The molecule has 1 amide bonds. The quantitative estimate of drug-likeness (QED) is 0.569. The molecule has 1 saturated heterocycles. The first-order valence-electron chi connectivity index (χ1n) is 9.79. The van der Waals surface area contributed by atoms with Gasteiger partial charge in [-0.2, -0.15) is 4.31 Å². The van der Waals surface area contributed by atoms with Gasteiger partial charge < -0.3 is 15.0 Å². The predicted molar refractivity (Wildman–Crippen MR) is 122 cm³/mol. The van der Waals surface area contributed by atoms with Gasteiger partial charge in [0.15, 0.2) is 0 Å². The fraction of sp³-hybridized carbons (Fsp3) is 0.381. The molecule has 2 aromatic rings. The molecule has 0 saturated carbocycles. The van der Waals surface area contributed by atoms with E-state index >= 15 is 0 Å². The Morgan fingerprint density at radius 3 is 2.27 bits per heavy atom. The van der Waals surface area contributed by atoms with Gasteiger partial charge in [0.2, 0.25) is 10.0 Å². The number of carbonyl (C=O) groups excluding carboxylic acids is 1. The minimum Gasteiger partial charge on any atom is -0.497 e. The maximum atomic E-state index is 12.6. The van der Waals surface area contributed by atoms with Crippen LogP contribution in [-0.2, 0) is 10.0 Å². The molecule has 0 unspecified atom stereocenters. The van der Waals surface area contributed by atoms with E-state index in [2.05, 4.69) is 26.1 Å². The number of nitrogens with zero attached hydrogens (tertiary/aromatic N) is 2. The molecule has 1 aliphatic rings. The van der Waals surface area contributed by atoms with Gasteiger partial charge in [0.05, 0.1) is 12.9 Å². The molecule has 0 spiro atoms. The average molecular weight is 496 g/mol. The van der Waals surface area contributed by atoms with Crippen LogP contribution in [0.25, 0.3) is 0 Å². The number of methoxy groups -OCH3 is 1. The molecule has 0 bridgehead atoms. The van der Waals surface area contributed by atoms with Crippen molar-refractivity contribution in [3.8, 4) is 5.75 Å². The lowest BCUT2D eigenvalue weighted by atomic mass is 10.2. The highest BCUT2D eigenvalue weighted by Gasteiger charge is 2.26. The Balaban J connectivity index is 1.42. The SMILES string of the molecule is COc1ccc(N2CCN(S(=O)(=O)CCCNC(=O)c3ccc(Br)cc3)CC2)cc1. The van der Waals surface area contributed by atoms with E-state index in [1.807, 2.05) is 24.3 Å². The molecule has 0 aromatic heterocycles. The van der Waals surface area contributed by atoms with Gasteiger partial charge in [-0.05, 0) is 55.0 Å². The number of hydrogen-bond donors (Lipinski definition) is 1. The van der Waals surface area contributed by atoms with Crippen molar-refractivity contribution < 1.29 is 17.9 Å². The summed E-state index contributed by atoms with van der Waals surface area (Å²) >= 11 is 3.33. The van der Waals surface area contributed by atoms with Crippen LogP contribution < -0.4 is 15.0 Å². The van der Waals surface area contributed by atoms with Crippen molar-refractivity contribution in [3.63, 3.8) is 0 Å². The van der Waals surface area contributed by atoms with Gasteiger partial charge in [-0.15, -0.1) is 0 Å². The lowest BCUT2D eigenvalue weighted by Gasteiger charge is -2.35. The van der Waals surface area contributed by atoms with Crippen LogP contribution >= 0.6 is 15.9 Å². The van der Waals surface area contributed by atoms with Crippen LogP contribution in [0.2, 0.25) is 0 Å². The second kappa shape index (κ2) is 10.3. The van der Waals surface area contributed by atoms with Crippen molar-refractivity contribution in [2.45, 2.75) is 6.42 Å². The van der Waals surface area contributed by atoms with E-state index in [9.17, 15) is 13.2 Å². The first-order chi connectivity index (χ1) is 14.4. The van der Waals surface area contributed by atoms with Gasteiger partial charge in [0, 0.05) is 48.4 Å². The van der Waals surface area contributed by atoms with Crippen LogP contribution in [-0.4, -0.2) is 64.2 Å². The van der Waals surface area contributed by atoms with Gasteiger partial charge in [-0.1, -0.05) is 15.9 Å². The van der Waals surface area contributed by atoms with Crippen molar-refractivity contribution in [1.29, 1.82) is 0 Å². The summed E-state index contributed by atoms with van der Waals surface area (Å²) in [5, 5.41) is 2.78. The summed E-state index contributed by atoms with van der Waals surface area (Å²) in [4.78, 5) is 14.3. The summed E-state index contributed by atoms with van der Waals surface area (Å²) in [6.07, 6.45) is 0.378. The molecule has 1 N–H and O–H groups in total. The number of hydrogen-bond acceptors (Lipinski definition) is 5. The fourth-order valence-corrected chi connectivity index (χ4v) is 5.06. The van der Waals surface area contributed by atoms with Gasteiger partial charge in [-0.25, -0.2) is 8.42 Å². The normalized spacial score (nSPS) is 15.1. The molecule has 162 valence electrons. The summed E-state index contributed by atoms with van der Waals surface area (Å²) in [5.41, 5.74) is 1.61. The molecular formula is C21H26BrN3O4S. The van der Waals surface area contributed by atoms with Crippen LogP contribution in [0.15, 0.2) is 53.0 Å². The second-order valence-corrected chi connectivity index (χ2v) is 10.0. The van der Waals surface area contributed by atoms with E-state index in [1.54, 1.807) is 35.7 Å². The Labute approximate surface area is 186 Å². The van der Waals surface area contributed by atoms with Crippen LogP contribution in [0, 0.1) is 0 Å². The minimum absolute atomic E-state index is 0.0240. The van der Waals surface area contributed by atoms with Gasteiger partial charge in [0.25, 0.3) is 5.91 Å². The Hall–Kier alpha value is -2.10. The lowest BCUT2D eigenvalue weighted by molar-refractivity contribution is 0.0953. The van der Waals surface area contributed by atoms with E-state index < -0.39 is 10.0 Å². The lowest BCUT2D eigenvalue weighted by Crippen LogP contribution is -2.49. The summed E-state index contributed by atoms with van der Waals surface area (Å²) in [5.74, 6) is 0.621. The third-order valence-electron chi connectivity index (χ3n) is 5.04. The molecule has 9 heteroatoms. The third-order valence-corrected chi connectivity index (χ3v) is 7.53. The molecule has 0 radical (unpaired) electrons. The fourth-order valence-electron chi connectivity index (χ4n) is 3.31. The minimum atomic E-state index is -3.34. The number of piperazine rings is 1. The maximum absolute atomic E-state index is 12.6. The molecule has 3 rings (SSSR count). The molecular weight excluding hydrogens is 470 g/mol. The van der Waals surface area contributed by atoms with Crippen LogP contribution in [0.5, 0.6) is 5.75 Å². The summed E-state index contributed by atoms with van der Waals surface area (Å²) in [7, 11) is -1.71. The molecule has 30 heavy (non-hydrogen) atoms. The Bertz CT molecular complexity index is 941. The molecule has 0 aliphatic carbocycles. The Morgan fingerprint density at radius 1 is 1.03 bits per heavy atom. The van der Waals surface area contributed by atoms with Crippen LogP contribution in [0.1, 0.15) is 16.8 Å². The Morgan fingerprint density at radius 2 is 1.67 bits per heavy atom. The average Bonchev–Trinajstić information content (AvgIpc) is 2.77. The molecule has 0 atom stereocenters. The third kappa shape index (κ3) is 5.96. The van der Waals surface area contributed by atoms with Crippen molar-refractivity contribution in [1.82, 2.24) is 9.62 Å². The molecule has 1 heterocycles. The number of benzene rings is 2. The number of sulfonamides is 1. The van der Waals surface area contributed by atoms with Gasteiger partial charge >= 0.3 is 0 Å². The monoisotopic (exact) mass is 495 g/mol. The highest BCUT2D eigenvalue weighted by Crippen LogP contribution is 2.21. The number of carbonyl (C=O) groups is 1. The van der Waals surface area contributed by atoms with E-state index in [1.165, 1.54) is 0 Å². The zero-order valence-electron chi connectivity index (χ0n) is 16.9. The first-order valence-corrected chi connectivity index (χ1v) is 12.2. The van der Waals surface area contributed by atoms with Crippen molar-refractivity contribution >= 4 is 37.5 Å². The predicted octanol–water partition coefficient (Wildman–Crippen LogP) is 2.73. The second-order valence-electron chi connectivity index (χ2n) is 7.02. The zero-order chi connectivity index (χ0) is 21.6. The van der Waals surface area contributed by atoms with Gasteiger partial charge in [-0.3, -0.25) is 4.79 Å².